The average molecular weight is 332 g/mol. The highest BCUT2D eigenvalue weighted by Gasteiger charge is 2.21. The quantitative estimate of drug-likeness (QED) is 0.678. The second-order valence-electron chi connectivity index (χ2n) is 5.68. The fourth-order valence-electron chi connectivity index (χ4n) is 2.02. The van der Waals surface area contributed by atoms with Gasteiger partial charge in [0.2, 0.25) is 0 Å². The van der Waals surface area contributed by atoms with Crippen molar-refractivity contribution in [1.29, 1.82) is 0 Å². The third-order valence-corrected chi connectivity index (χ3v) is 6.38. The van der Waals surface area contributed by atoms with Crippen LogP contribution in [0, 0.1) is 13.8 Å². The Kier molecular flexibility index (Phi) is 5.79. The molecule has 0 bridgehead atoms. The van der Waals surface area contributed by atoms with Gasteiger partial charge in [0, 0.05) is 35.9 Å². The fraction of sp³-hybridized carbons (Fsp3) is 0.714. The van der Waals surface area contributed by atoms with Crippen LogP contribution >= 0.6 is 11.3 Å². The number of hydrogen-bond donors (Lipinski definition) is 2. The Morgan fingerprint density at radius 3 is 2.67 bits per heavy atom. The molecule has 21 heavy (non-hydrogen) atoms. The van der Waals surface area contributed by atoms with Crippen molar-refractivity contribution in [3.05, 3.63) is 21.4 Å². The largest absolute Gasteiger partial charge is 0.314 e. The van der Waals surface area contributed by atoms with Crippen molar-refractivity contribution in [2.75, 3.05) is 20.1 Å². The van der Waals surface area contributed by atoms with Gasteiger partial charge in [-0.2, -0.15) is 17.4 Å². The zero-order chi connectivity index (χ0) is 15.5. The summed E-state index contributed by atoms with van der Waals surface area (Å²) in [5.41, 5.74) is 1.22. The highest BCUT2D eigenvalue weighted by molar-refractivity contribution is 7.87. The Balaban J connectivity index is 1.73. The molecule has 0 saturated heterocycles. The van der Waals surface area contributed by atoms with Crippen LogP contribution in [0.4, 0.5) is 0 Å². The summed E-state index contributed by atoms with van der Waals surface area (Å²) in [6.45, 7) is 5.89. The zero-order valence-corrected chi connectivity index (χ0v) is 14.6. The predicted octanol–water partition coefficient (Wildman–Crippen LogP) is 1.77. The number of rotatable bonds is 9. The minimum atomic E-state index is -3.38. The first-order valence-electron chi connectivity index (χ1n) is 7.38. The van der Waals surface area contributed by atoms with Crippen molar-refractivity contribution in [1.82, 2.24) is 14.3 Å². The van der Waals surface area contributed by atoms with Crippen molar-refractivity contribution in [2.24, 2.45) is 0 Å². The molecule has 0 aliphatic heterocycles. The van der Waals surface area contributed by atoms with Crippen LogP contribution < -0.4 is 10.0 Å². The van der Waals surface area contributed by atoms with Gasteiger partial charge < -0.3 is 5.32 Å². The van der Waals surface area contributed by atoms with Gasteiger partial charge in [0.05, 0.1) is 0 Å². The molecule has 1 aliphatic rings. The van der Waals surface area contributed by atoms with E-state index in [2.05, 4.69) is 17.0 Å². The van der Waals surface area contributed by atoms with E-state index in [0.717, 1.165) is 17.8 Å². The first-order chi connectivity index (χ1) is 9.88. The molecule has 0 amide bonds. The first kappa shape index (κ1) is 16.9. The zero-order valence-electron chi connectivity index (χ0n) is 13.0. The lowest BCUT2D eigenvalue weighted by Crippen LogP contribution is -2.39. The third-order valence-electron chi connectivity index (χ3n) is 3.72. The van der Waals surface area contributed by atoms with E-state index in [0.29, 0.717) is 19.1 Å². The highest BCUT2D eigenvalue weighted by Crippen LogP contribution is 2.20. The molecule has 0 spiro atoms. The van der Waals surface area contributed by atoms with E-state index in [1.807, 2.05) is 13.0 Å². The molecule has 0 radical (unpaired) electrons. The Morgan fingerprint density at radius 2 is 2.10 bits per heavy atom. The van der Waals surface area contributed by atoms with Crippen LogP contribution in [0.3, 0.4) is 0 Å². The van der Waals surface area contributed by atoms with Gasteiger partial charge in [0.15, 0.2) is 0 Å². The van der Waals surface area contributed by atoms with Crippen molar-refractivity contribution in [3.63, 3.8) is 0 Å². The summed E-state index contributed by atoms with van der Waals surface area (Å²) in [4.78, 5) is 2.29. The van der Waals surface area contributed by atoms with Gasteiger partial charge in [-0.25, -0.2) is 0 Å². The molecule has 2 N–H and O–H groups in total. The van der Waals surface area contributed by atoms with Gasteiger partial charge in [-0.15, -0.1) is 11.3 Å². The van der Waals surface area contributed by atoms with Gasteiger partial charge in [-0.05, 0) is 51.3 Å². The third kappa shape index (κ3) is 5.34. The van der Waals surface area contributed by atoms with E-state index in [4.69, 9.17) is 0 Å². The number of thiophene rings is 1. The van der Waals surface area contributed by atoms with Gasteiger partial charge >= 0.3 is 0 Å². The molecule has 0 aromatic carbocycles. The van der Waals surface area contributed by atoms with Crippen LogP contribution in [-0.4, -0.2) is 38.9 Å². The van der Waals surface area contributed by atoms with Crippen LogP contribution in [0.1, 0.15) is 34.6 Å². The van der Waals surface area contributed by atoms with E-state index in [1.54, 1.807) is 18.4 Å². The van der Waals surface area contributed by atoms with E-state index in [9.17, 15) is 8.42 Å². The fourth-order valence-corrected chi connectivity index (χ4v) is 4.04. The summed E-state index contributed by atoms with van der Waals surface area (Å²) in [5.74, 6) is 0. The van der Waals surface area contributed by atoms with Gasteiger partial charge in [-0.3, -0.25) is 0 Å². The lowest BCUT2D eigenvalue weighted by Gasteiger charge is -2.17. The maximum Gasteiger partial charge on any atom is 0.279 e. The molecule has 0 atom stereocenters. The summed E-state index contributed by atoms with van der Waals surface area (Å²) in [7, 11) is -1.76. The molecule has 5 nitrogen and oxygen atoms in total. The monoisotopic (exact) mass is 331 g/mol. The molecule has 1 aliphatic carbocycles. The van der Waals surface area contributed by atoms with E-state index >= 15 is 0 Å². The van der Waals surface area contributed by atoms with Crippen LogP contribution in [0.25, 0.3) is 0 Å². The smallest absolute Gasteiger partial charge is 0.279 e. The maximum absolute atomic E-state index is 12.1. The van der Waals surface area contributed by atoms with Gasteiger partial charge in [0.25, 0.3) is 10.2 Å². The maximum atomic E-state index is 12.1. The van der Waals surface area contributed by atoms with Crippen molar-refractivity contribution in [2.45, 2.75) is 45.7 Å². The van der Waals surface area contributed by atoms with Crippen LogP contribution in [0.2, 0.25) is 0 Å². The average Bonchev–Trinajstić information content (AvgIpc) is 3.19. The molecule has 7 heteroatoms. The molecule has 1 aromatic rings. The van der Waals surface area contributed by atoms with Crippen LogP contribution in [0.5, 0.6) is 0 Å². The standard InChI is InChI=1S/C14H25N3O2S2/c1-11-9-14(20-12(11)2)10-16-21(18,19)17(3)8-4-7-15-13-5-6-13/h9,13,15-16H,4-8,10H2,1-3H3. The lowest BCUT2D eigenvalue weighted by atomic mass is 10.3. The number of nitrogens with zero attached hydrogens (tertiary/aromatic N) is 1. The Morgan fingerprint density at radius 1 is 1.38 bits per heavy atom. The summed E-state index contributed by atoms with van der Waals surface area (Å²) in [6.07, 6.45) is 3.36. The number of nitrogens with one attached hydrogen (secondary N) is 2. The highest BCUT2D eigenvalue weighted by atomic mass is 32.2. The first-order valence-corrected chi connectivity index (χ1v) is 9.64. The van der Waals surface area contributed by atoms with Crippen LogP contribution in [0.15, 0.2) is 6.07 Å². The summed E-state index contributed by atoms with van der Waals surface area (Å²) < 4.78 is 28.3. The molecule has 120 valence electrons. The number of hydrogen-bond acceptors (Lipinski definition) is 4. The molecule has 2 rings (SSSR count). The summed E-state index contributed by atoms with van der Waals surface area (Å²) in [5, 5.41) is 3.39. The minimum Gasteiger partial charge on any atom is -0.314 e. The molecule has 0 unspecified atom stereocenters. The Labute approximate surface area is 131 Å². The van der Waals surface area contributed by atoms with Gasteiger partial charge in [-0.1, -0.05) is 0 Å². The van der Waals surface area contributed by atoms with Crippen LogP contribution in [-0.2, 0) is 16.8 Å². The molecule has 1 fully saturated rings. The van der Waals surface area contributed by atoms with E-state index in [-0.39, 0.29) is 0 Å². The SMILES string of the molecule is Cc1cc(CNS(=O)(=O)N(C)CCCNC2CC2)sc1C. The topological polar surface area (TPSA) is 61.4 Å². The van der Waals surface area contributed by atoms with Gasteiger partial charge in [0.1, 0.15) is 0 Å². The molecule has 1 saturated carbocycles. The second kappa shape index (κ2) is 7.19. The molecule has 1 aromatic heterocycles. The molecular weight excluding hydrogens is 306 g/mol. The molecular formula is C14H25N3O2S2. The van der Waals surface area contributed by atoms with E-state index in [1.165, 1.54) is 27.6 Å². The van der Waals surface area contributed by atoms with Crippen molar-refractivity contribution in [3.8, 4) is 0 Å². The lowest BCUT2D eigenvalue weighted by molar-refractivity contribution is 0.444. The number of aryl methyl sites for hydroxylation is 2. The second-order valence-corrected chi connectivity index (χ2v) is 8.88. The molecule has 1 heterocycles. The Hall–Kier alpha value is -0.470. The normalized spacial score (nSPS) is 15.8. The van der Waals surface area contributed by atoms with Crippen molar-refractivity contribution < 1.29 is 8.42 Å². The summed E-state index contributed by atoms with van der Waals surface area (Å²) >= 11 is 1.64. The van der Waals surface area contributed by atoms with E-state index < -0.39 is 10.2 Å². The Bertz CT molecular complexity index is 545. The predicted molar refractivity (Wildman–Crippen MR) is 87.8 cm³/mol. The minimum absolute atomic E-state index is 0.367. The van der Waals surface area contributed by atoms with Crippen molar-refractivity contribution >= 4 is 21.5 Å². The summed E-state index contributed by atoms with van der Waals surface area (Å²) in [6, 6.07) is 2.72.